The van der Waals surface area contributed by atoms with E-state index < -0.39 is 18.6 Å². The monoisotopic (exact) mass is 397 g/mol. The van der Waals surface area contributed by atoms with E-state index in [1.54, 1.807) is 6.07 Å². The fraction of sp³-hybridized carbons (Fsp3) is 0.571. The first-order chi connectivity index (χ1) is 13.2. The Morgan fingerprint density at radius 3 is 2.82 bits per heavy atom. The van der Waals surface area contributed by atoms with E-state index in [4.69, 9.17) is 9.84 Å². The fourth-order valence-electron chi connectivity index (χ4n) is 3.89. The normalized spacial score (nSPS) is 22.6. The van der Waals surface area contributed by atoms with Crippen LogP contribution in [0, 0.1) is 11.8 Å². The van der Waals surface area contributed by atoms with Crippen molar-refractivity contribution >= 4 is 12.0 Å². The number of halogens is 3. The Kier molecular flexibility index (Phi) is 6.33. The van der Waals surface area contributed by atoms with Gasteiger partial charge in [-0.3, -0.25) is 9.69 Å². The van der Waals surface area contributed by atoms with Crippen LogP contribution in [0.3, 0.4) is 0 Å². The SMILES string of the molecule is CC1Cc2cc(OCCCC(F)(F)F)ccc2C=C1CN1CCC(C(=O)O)C1. The van der Waals surface area contributed by atoms with Crippen molar-refractivity contribution in [1.29, 1.82) is 0 Å². The van der Waals surface area contributed by atoms with Crippen molar-refractivity contribution in [2.45, 2.75) is 38.8 Å². The van der Waals surface area contributed by atoms with Crippen molar-refractivity contribution in [3.05, 3.63) is 34.9 Å². The third-order valence-electron chi connectivity index (χ3n) is 5.52. The van der Waals surface area contributed by atoms with Crippen LogP contribution in [-0.2, 0) is 11.2 Å². The molecule has 2 aliphatic rings. The largest absolute Gasteiger partial charge is 0.494 e. The van der Waals surface area contributed by atoms with Gasteiger partial charge in [-0.05, 0) is 55.0 Å². The van der Waals surface area contributed by atoms with Gasteiger partial charge >= 0.3 is 12.1 Å². The van der Waals surface area contributed by atoms with Crippen LogP contribution in [0.15, 0.2) is 23.8 Å². The number of hydrogen-bond donors (Lipinski definition) is 1. The van der Waals surface area contributed by atoms with E-state index in [0.29, 0.717) is 24.6 Å². The molecular formula is C21H26F3NO3. The summed E-state index contributed by atoms with van der Waals surface area (Å²) in [5.74, 6) is -0.0595. The molecule has 4 nitrogen and oxygen atoms in total. The van der Waals surface area contributed by atoms with Gasteiger partial charge in [-0.15, -0.1) is 0 Å². The van der Waals surface area contributed by atoms with Crippen molar-refractivity contribution in [3.63, 3.8) is 0 Å². The maximum absolute atomic E-state index is 12.2. The molecule has 0 amide bonds. The highest BCUT2D eigenvalue weighted by atomic mass is 19.4. The average Bonchev–Trinajstić information content (AvgIpc) is 3.07. The molecule has 0 aromatic heterocycles. The van der Waals surface area contributed by atoms with Crippen molar-refractivity contribution in [2.75, 3.05) is 26.2 Å². The number of carboxylic acids is 1. The second kappa shape index (κ2) is 8.55. The lowest BCUT2D eigenvalue weighted by Gasteiger charge is -2.27. The molecule has 1 heterocycles. The zero-order valence-corrected chi connectivity index (χ0v) is 16.0. The number of hydrogen-bond acceptors (Lipinski definition) is 3. The number of benzene rings is 1. The zero-order valence-electron chi connectivity index (χ0n) is 16.0. The molecule has 2 atom stereocenters. The smallest absolute Gasteiger partial charge is 0.389 e. The van der Waals surface area contributed by atoms with Crippen LogP contribution in [0.4, 0.5) is 13.2 Å². The second-order valence-corrected chi connectivity index (χ2v) is 7.81. The lowest BCUT2D eigenvalue weighted by Crippen LogP contribution is -2.28. The van der Waals surface area contributed by atoms with Crippen LogP contribution in [0.5, 0.6) is 5.75 Å². The summed E-state index contributed by atoms with van der Waals surface area (Å²) in [6, 6.07) is 5.67. The summed E-state index contributed by atoms with van der Waals surface area (Å²) in [4.78, 5) is 13.3. The zero-order chi connectivity index (χ0) is 20.3. The van der Waals surface area contributed by atoms with E-state index in [1.165, 1.54) is 5.57 Å². The Morgan fingerprint density at radius 1 is 1.36 bits per heavy atom. The molecule has 1 fully saturated rings. The number of nitrogens with zero attached hydrogens (tertiary/aromatic N) is 1. The number of fused-ring (bicyclic) bond motifs is 1. The molecule has 1 aliphatic heterocycles. The lowest BCUT2D eigenvalue weighted by molar-refractivity contribution is -0.141. The molecule has 0 spiro atoms. The molecule has 1 saturated heterocycles. The van der Waals surface area contributed by atoms with E-state index in [-0.39, 0.29) is 18.9 Å². The van der Waals surface area contributed by atoms with Gasteiger partial charge in [-0.1, -0.05) is 24.6 Å². The van der Waals surface area contributed by atoms with Gasteiger partial charge in [0.15, 0.2) is 0 Å². The third kappa shape index (κ3) is 5.50. The molecule has 1 aromatic rings. The quantitative estimate of drug-likeness (QED) is 0.694. The predicted octanol–water partition coefficient (Wildman–Crippen LogP) is 4.39. The van der Waals surface area contributed by atoms with Crippen LogP contribution >= 0.6 is 0 Å². The van der Waals surface area contributed by atoms with E-state index >= 15 is 0 Å². The van der Waals surface area contributed by atoms with Gasteiger partial charge in [0.05, 0.1) is 12.5 Å². The maximum atomic E-state index is 12.2. The van der Waals surface area contributed by atoms with Crippen molar-refractivity contribution in [1.82, 2.24) is 4.90 Å². The number of aliphatic carboxylic acids is 1. The fourth-order valence-corrected chi connectivity index (χ4v) is 3.89. The van der Waals surface area contributed by atoms with Gasteiger partial charge in [-0.2, -0.15) is 13.2 Å². The number of ether oxygens (including phenoxy) is 1. The Labute approximate surface area is 163 Å². The van der Waals surface area contributed by atoms with E-state index in [9.17, 15) is 18.0 Å². The number of carbonyl (C=O) groups is 1. The highest BCUT2D eigenvalue weighted by Gasteiger charge is 2.30. The Bertz CT molecular complexity index is 745. The molecule has 0 bridgehead atoms. The van der Waals surface area contributed by atoms with Crippen molar-refractivity contribution in [2.24, 2.45) is 11.8 Å². The molecule has 1 N–H and O–H groups in total. The Balaban J connectivity index is 1.58. The van der Waals surface area contributed by atoms with E-state index in [0.717, 1.165) is 30.6 Å². The molecule has 0 saturated carbocycles. The predicted molar refractivity (Wildman–Crippen MR) is 100 cm³/mol. The summed E-state index contributed by atoms with van der Waals surface area (Å²) in [7, 11) is 0. The number of carboxylic acid groups (broad SMARTS) is 1. The van der Waals surface area contributed by atoms with Crippen LogP contribution < -0.4 is 4.74 Å². The molecule has 0 radical (unpaired) electrons. The molecule has 154 valence electrons. The second-order valence-electron chi connectivity index (χ2n) is 7.81. The first-order valence-corrected chi connectivity index (χ1v) is 9.69. The minimum atomic E-state index is -4.14. The minimum Gasteiger partial charge on any atom is -0.494 e. The van der Waals surface area contributed by atoms with Crippen molar-refractivity contribution in [3.8, 4) is 5.75 Å². The van der Waals surface area contributed by atoms with E-state index in [1.807, 2.05) is 12.1 Å². The van der Waals surface area contributed by atoms with Gasteiger partial charge < -0.3 is 9.84 Å². The Morgan fingerprint density at radius 2 is 2.14 bits per heavy atom. The van der Waals surface area contributed by atoms with Crippen molar-refractivity contribution < 1.29 is 27.8 Å². The first-order valence-electron chi connectivity index (χ1n) is 9.69. The van der Waals surface area contributed by atoms with E-state index in [2.05, 4.69) is 17.9 Å². The van der Waals surface area contributed by atoms with Crippen LogP contribution in [-0.4, -0.2) is 48.4 Å². The molecular weight excluding hydrogens is 371 g/mol. The summed E-state index contributed by atoms with van der Waals surface area (Å²) in [6.07, 6.45) is -1.32. The standard InChI is InChI=1S/C21H26F3NO3/c1-14-9-17-11-19(28-8-2-6-21(22,23)24)4-3-15(17)10-18(14)13-25-7-5-16(12-25)20(26)27/h3-4,10-11,14,16H,2,5-9,12-13H2,1H3,(H,26,27). The average molecular weight is 397 g/mol. The maximum Gasteiger partial charge on any atom is 0.389 e. The van der Waals surface area contributed by atoms with Gasteiger partial charge in [0.1, 0.15) is 5.75 Å². The van der Waals surface area contributed by atoms with Crippen LogP contribution in [0.2, 0.25) is 0 Å². The van der Waals surface area contributed by atoms with Gasteiger partial charge in [0, 0.05) is 19.5 Å². The highest BCUT2D eigenvalue weighted by molar-refractivity contribution is 5.70. The molecule has 1 aromatic carbocycles. The summed E-state index contributed by atoms with van der Waals surface area (Å²) in [5, 5.41) is 9.15. The molecule has 2 unspecified atom stereocenters. The topological polar surface area (TPSA) is 49.8 Å². The lowest BCUT2D eigenvalue weighted by atomic mass is 9.84. The van der Waals surface area contributed by atoms with Gasteiger partial charge in [-0.25, -0.2) is 0 Å². The molecule has 28 heavy (non-hydrogen) atoms. The number of likely N-dealkylation sites (tertiary alicyclic amines) is 1. The van der Waals surface area contributed by atoms with Crippen LogP contribution in [0.1, 0.15) is 37.3 Å². The third-order valence-corrected chi connectivity index (χ3v) is 5.52. The summed E-state index contributed by atoms with van der Waals surface area (Å²) >= 11 is 0. The first kappa shape index (κ1) is 20.7. The van der Waals surface area contributed by atoms with Gasteiger partial charge in [0.25, 0.3) is 0 Å². The number of alkyl halides is 3. The minimum absolute atomic E-state index is 0.0474. The Hall–Kier alpha value is -2.02. The summed E-state index contributed by atoms with van der Waals surface area (Å²) < 4.78 is 42.1. The summed E-state index contributed by atoms with van der Waals surface area (Å²) in [5.41, 5.74) is 3.52. The summed E-state index contributed by atoms with van der Waals surface area (Å²) in [6.45, 7) is 4.38. The van der Waals surface area contributed by atoms with Gasteiger partial charge in [0.2, 0.25) is 0 Å². The molecule has 3 rings (SSSR count). The molecule has 7 heteroatoms. The number of rotatable bonds is 7. The van der Waals surface area contributed by atoms with Crippen LogP contribution in [0.25, 0.3) is 6.08 Å². The highest BCUT2D eigenvalue weighted by Crippen LogP contribution is 2.32. The molecule has 1 aliphatic carbocycles.